The molecule has 2 aromatic carbocycles. The Morgan fingerprint density at radius 2 is 1.89 bits per heavy atom. The Morgan fingerprint density at radius 3 is 2.64 bits per heavy atom. The number of nitrogens with zero attached hydrogens (tertiary/aromatic N) is 4. The summed E-state index contributed by atoms with van der Waals surface area (Å²) in [5, 5.41) is 15.1. The van der Waals surface area contributed by atoms with Crippen molar-refractivity contribution in [1.82, 2.24) is 25.5 Å². The van der Waals surface area contributed by atoms with Gasteiger partial charge in [-0.05, 0) is 23.8 Å². The fourth-order valence-corrected chi connectivity index (χ4v) is 2.52. The molecule has 0 unspecified atom stereocenters. The molecule has 0 bridgehead atoms. The number of carbonyl (C=O) groups excluding carboxylic acids is 2. The van der Waals surface area contributed by atoms with Crippen LogP contribution in [0.15, 0.2) is 48.5 Å². The van der Waals surface area contributed by atoms with Gasteiger partial charge in [-0.15, -0.1) is 10.2 Å². The number of halogens is 1. The first-order valence-electron chi connectivity index (χ1n) is 8.52. The van der Waals surface area contributed by atoms with Crippen LogP contribution in [0.4, 0.5) is 0 Å². The minimum Gasteiger partial charge on any atom is -0.454 e. The second kappa shape index (κ2) is 9.09. The first-order chi connectivity index (χ1) is 13.5. The quantitative estimate of drug-likeness (QED) is 0.611. The number of aromatic nitrogens is 4. The molecule has 0 radical (unpaired) electrons. The van der Waals surface area contributed by atoms with Gasteiger partial charge in [-0.2, -0.15) is 4.80 Å². The maximum Gasteiger partial charge on any atom is 0.330 e. The molecule has 0 atom stereocenters. The summed E-state index contributed by atoms with van der Waals surface area (Å²) in [6, 6.07) is 14.8. The molecule has 3 rings (SSSR count). The fourth-order valence-electron chi connectivity index (χ4n) is 2.32. The van der Waals surface area contributed by atoms with Gasteiger partial charge in [0, 0.05) is 17.1 Å². The van der Waals surface area contributed by atoms with Gasteiger partial charge >= 0.3 is 5.97 Å². The molecule has 1 heterocycles. The number of ether oxygens (including phenoxy) is 1. The third kappa shape index (κ3) is 5.37. The summed E-state index contributed by atoms with van der Waals surface area (Å²) in [6.07, 6.45) is 0. The first kappa shape index (κ1) is 19.5. The maximum atomic E-state index is 11.9. The SMILES string of the molecule is Cc1ccc(-c2nnn(CC(=O)OCC(=O)NCc3ccccc3Cl)n2)cc1. The maximum absolute atomic E-state index is 11.9. The van der Waals surface area contributed by atoms with E-state index in [1.165, 1.54) is 0 Å². The molecule has 0 saturated heterocycles. The minimum atomic E-state index is -0.638. The van der Waals surface area contributed by atoms with Crippen LogP contribution in [-0.2, 0) is 27.4 Å². The Morgan fingerprint density at radius 1 is 1.14 bits per heavy atom. The monoisotopic (exact) mass is 399 g/mol. The predicted molar refractivity (Wildman–Crippen MR) is 102 cm³/mol. The number of carbonyl (C=O) groups is 2. The van der Waals surface area contributed by atoms with Gasteiger partial charge < -0.3 is 10.1 Å². The van der Waals surface area contributed by atoms with Crippen LogP contribution in [0.1, 0.15) is 11.1 Å². The lowest BCUT2D eigenvalue weighted by Crippen LogP contribution is -2.29. The van der Waals surface area contributed by atoms with Crippen molar-refractivity contribution in [2.45, 2.75) is 20.0 Å². The number of benzene rings is 2. The van der Waals surface area contributed by atoms with Crippen molar-refractivity contribution in [2.75, 3.05) is 6.61 Å². The molecule has 0 fully saturated rings. The summed E-state index contributed by atoms with van der Waals surface area (Å²) in [7, 11) is 0. The van der Waals surface area contributed by atoms with Crippen molar-refractivity contribution in [3.8, 4) is 11.4 Å². The number of tetrazole rings is 1. The average Bonchev–Trinajstić information content (AvgIpc) is 3.14. The number of rotatable bonds is 7. The topological polar surface area (TPSA) is 99.0 Å². The van der Waals surface area contributed by atoms with Crippen molar-refractivity contribution in [1.29, 1.82) is 0 Å². The molecule has 0 aliphatic rings. The van der Waals surface area contributed by atoms with Gasteiger partial charge in [-0.25, -0.2) is 4.79 Å². The first-order valence-corrected chi connectivity index (χ1v) is 8.89. The van der Waals surface area contributed by atoms with Crippen molar-refractivity contribution < 1.29 is 14.3 Å². The van der Waals surface area contributed by atoms with E-state index in [4.69, 9.17) is 16.3 Å². The lowest BCUT2D eigenvalue weighted by Gasteiger charge is -2.07. The van der Waals surface area contributed by atoms with Crippen LogP contribution in [0, 0.1) is 6.92 Å². The zero-order valence-electron chi connectivity index (χ0n) is 15.1. The number of esters is 1. The van der Waals surface area contributed by atoms with Gasteiger partial charge in [-0.3, -0.25) is 4.79 Å². The molecule has 0 spiro atoms. The van der Waals surface area contributed by atoms with E-state index in [1.807, 2.05) is 37.3 Å². The van der Waals surface area contributed by atoms with Crippen LogP contribution in [0.5, 0.6) is 0 Å². The van der Waals surface area contributed by atoms with Crippen molar-refractivity contribution in [3.63, 3.8) is 0 Å². The standard InChI is InChI=1S/C19H18ClN5O3/c1-13-6-8-14(9-7-13)19-22-24-25(23-19)11-18(27)28-12-17(26)21-10-15-4-2-3-5-16(15)20/h2-9H,10-12H2,1H3,(H,21,26). The third-order valence-corrected chi connectivity index (χ3v) is 4.20. The second-order valence-electron chi connectivity index (χ2n) is 6.04. The molecular weight excluding hydrogens is 382 g/mol. The fraction of sp³-hybridized carbons (Fsp3) is 0.211. The van der Waals surface area contributed by atoms with Crippen LogP contribution in [0.25, 0.3) is 11.4 Å². The van der Waals surface area contributed by atoms with E-state index in [0.717, 1.165) is 21.5 Å². The smallest absolute Gasteiger partial charge is 0.330 e. The molecule has 8 nitrogen and oxygen atoms in total. The zero-order chi connectivity index (χ0) is 19.9. The van der Waals surface area contributed by atoms with Crippen LogP contribution < -0.4 is 5.32 Å². The lowest BCUT2D eigenvalue weighted by atomic mass is 10.1. The van der Waals surface area contributed by atoms with Gasteiger partial charge in [0.05, 0.1) is 0 Å². The highest BCUT2D eigenvalue weighted by Crippen LogP contribution is 2.14. The lowest BCUT2D eigenvalue weighted by molar-refractivity contribution is -0.149. The normalized spacial score (nSPS) is 10.5. The van der Waals surface area contributed by atoms with E-state index in [1.54, 1.807) is 18.2 Å². The van der Waals surface area contributed by atoms with Gasteiger partial charge in [0.15, 0.2) is 13.2 Å². The largest absolute Gasteiger partial charge is 0.454 e. The van der Waals surface area contributed by atoms with E-state index in [9.17, 15) is 9.59 Å². The number of hydrogen-bond acceptors (Lipinski definition) is 6. The van der Waals surface area contributed by atoms with Crippen LogP contribution in [0.2, 0.25) is 5.02 Å². The summed E-state index contributed by atoms with van der Waals surface area (Å²) in [4.78, 5) is 24.8. The molecule has 1 aromatic heterocycles. The highest BCUT2D eigenvalue weighted by molar-refractivity contribution is 6.31. The van der Waals surface area contributed by atoms with E-state index < -0.39 is 18.5 Å². The highest BCUT2D eigenvalue weighted by Gasteiger charge is 2.12. The third-order valence-electron chi connectivity index (χ3n) is 3.83. The minimum absolute atomic E-state index is 0.239. The number of amides is 1. The predicted octanol–water partition coefficient (Wildman–Crippen LogP) is 2.16. The van der Waals surface area contributed by atoms with Crippen molar-refractivity contribution >= 4 is 23.5 Å². The summed E-state index contributed by atoms with van der Waals surface area (Å²) in [5.41, 5.74) is 2.69. The molecular formula is C19H18ClN5O3. The Labute approximate surface area is 166 Å². The molecule has 0 aliphatic heterocycles. The summed E-state index contributed by atoms with van der Waals surface area (Å²) in [6.45, 7) is 1.59. The molecule has 144 valence electrons. The second-order valence-corrected chi connectivity index (χ2v) is 6.45. The molecule has 9 heteroatoms. The van der Waals surface area contributed by atoms with E-state index in [0.29, 0.717) is 10.8 Å². The number of nitrogens with one attached hydrogen (secondary N) is 1. The number of hydrogen-bond donors (Lipinski definition) is 1. The van der Waals surface area contributed by atoms with Gasteiger partial charge in [0.2, 0.25) is 5.82 Å². The molecule has 1 N–H and O–H groups in total. The Hall–Kier alpha value is -3.26. The molecule has 1 amide bonds. The van der Waals surface area contributed by atoms with Crippen molar-refractivity contribution in [3.05, 3.63) is 64.7 Å². The summed E-state index contributed by atoms with van der Waals surface area (Å²) < 4.78 is 4.94. The van der Waals surface area contributed by atoms with Gasteiger partial charge in [0.1, 0.15) is 0 Å². The van der Waals surface area contributed by atoms with Crippen molar-refractivity contribution in [2.24, 2.45) is 0 Å². The summed E-state index contributed by atoms with van der Waals surface area (Å²) in [5.74, 6) is -0.661. The van der Waals surface area contributed by atoms with E-state index in [-0.39, 0.29) is 13.1 Å². The van der Waals surface area contributed by atoms with E-state index >= 15 is 0 Å². The van der Waals surface area contributed by atoms with Crippen LogP contribution in [0.3, 0.4) is 0 Å². The van der Waals surface area contributed by atoms with E-state index in [2.05, 4.69) is 20.7 Å². The zero-order valence-corrected chi connectivity index (χ0v) is 15.9. The molecule has 28 heavy (non-hydrogen) atoms. The van der Waals surface area contributed by atoms with Gasteiger partial charge in [-0.1, -0.05) is 59.6 Å². The van der Waals surface area contributed by atoms with Crippen LogP contribution >= 0.6 is 11.6 Å². The highest BCUT2D eigenvalue weighted by atomic mass is 35.5. The molecule has 0 aliphatic carbocycles. The Kier molecular flexibility index (Phi) is 6.33. The average molecular weight is 400 g/mol. The molecule has 0 saturated carbocycles. The Balaban J connectivity index is 1.45. The molecule has 3 aromatic rings. The van der Waals surface area contributed by atoms with Crippen LogP contribution in [-0.4, -0.2) is 38.7 Å². The number of aryl methyl sites for hydroxylation is 1. The van der Waals surface area contributed by atoms with Gasteiger partial charge in [0.25, 0.3) is 5.91 Å². The Bertz CT molecular complexity index is 972. The summed E-state index contributed by atoms with van der Waals surface area (Å²) >= 11 is 6.02.